The lowest BCUT2D eigenvalue weighted by molar-refractivity contribution is -0.141. The molecule has 3 N–H and O–H groups in total. The summed E-state index contributed by atoms with van der Waals surface area (Å²) in [6.07, 6.45) is 1.74. The molecule has 2 aliphatic heterocycles. The molecule has 2 amide bonds. The van der Waals surface area contributed by atoms with Crippen molar-refractivity contribution in [2.75, 3.05) is 26.2 Å². The SMILES string of the molecule is CC(CN1CCCC1)NC(=O)N1C[C@@H](O)C[C@H]1C(=O)O. The van der Waals surface area contributed by atoms with E-state index in [-0.39, 0.29) is 19.0 Å². The summed E-state index contributed by atoms with van der Waals surface area (Å²) in [6.45, 7) is 4.89. The molecule has 2 heterocycles. The highest BCUT2D eigenvalue weighted by Gasteiger charge is 2.39. The standard InChI is InChI=1S/C13H23N3O4/c1-9(7-15-4-2-3-5-15)14-13(20)16-8-10(17)6-11(16)12(18)19/h9-11,17H,2-8H2,1H3,(H,14,20)(H,18,19)/t9?,10-,11-/m0/s1. The van der Waals surface area contributed by atoms with Crippen LogP contribution in [-0.2, 0) is 4.79 Å². The summed E-state index contributed by atoms with van der Waals surface area (Å²) >= 11 is 0. The number of hydrogen-bond acceptors (Lipinski definition) is 4. The van der Waals surface area contributed by atoms with Gasteiger partial charge in [0.2, 0.25) is 0 Å². The monoisotopic (exact) mass is 285 g/mol. The first-order valence-corrected chi connectivity index (χ1v) is 7.17. The average Bonchev–Trinajstić information content (AvgIpc) is 2.97. The van der Waals surface area contributed by atoms with E-state index in [0.717, 1.165) is 19.6 Å². The van der Waals surface area contributed by atoms with Crippen LogP contribution >= 0.6 is 0 Å². The minimum Gasteiger partial charge on any atom is -0.480 e. The number of aliphatic hydroxyl groups is 1. The van der Waals surface area contributed by atoms with Crippen LogP contribution in [0.1, 0.15) is 26.2 Å². The van der Waals surface area contributed by atoms with E-state index in [1.807, 2.05) is 6.92 Å². The predicted octanol–water partition coefficient (Wildman–Crippen LogP) is -0.300. The van der Waals surface area contributed by atoms with E-state index in [1.165, 1.54) is 17.7 Å². The van der Waals surface area contributed by atoms with Gasteiger partial charge in [-0.15, -0.1) is 0 Å². The Balaban J connectivity index is 1.85. The van der Waals surface area contributed by atoms with Gasteiger partial charge in [0.05, 0.1) is 6.10 Å². The fraction of sp³-hybridized carbons (Fsp3) is 0.846. The second-order valence-electron chi connectivity index (χ2n) is 5.75. The molecule has 114 valence electrons. The summed E-state index contributed by atoms with van der Waals surface area (Å²) < 4.78 is 0. The van der Waals surface area contributed by atoms with Crippen LogP contribution in [0.15, 0.2) is 0 Å². The molecule has 2 fully saturated rings. The Bertz CT molecular complexity index is 371. The Morgan fingerprint density at radius 1 is 1.35 bits per heavy atom. The molecule has 0 bridgehead atoms. The van der Waals surface area contributed by atoms with Crippen molar-refractivity contribution in [3.63, 3.8) is 0 Å². The van der Waals surface area contributed by atoms with Gasteiger partial charge in [-0.3, -0.25) is 0 Å². The van der Waals surface area contributed by atoms with Crippen LogP contribution in [0.4, 0.5) is 4.79 Å². The molecule has 0 radical (unpaired) electrons. The van der Waals surface area contributed by atoms with Gasteiger partial charge in [-0.25, -0.2) is 9.59 Å². The molecular weight excluding hydrogens is 262 g/mol. The smallest absolute Gasteiger partial charge is 0.326 e. The highest BCUT2D eigenvalue weighted by molar-refractivity contribution is 5.83. The van der Waals surface area contributed by atoms with Crippen molar-refractivity contribution in [1.29, 1.82) is 0 Å². The van der Waals surface area contributed by atoms with E-state index in [0.29, 0.717) is 0 Å². The van der Waals surface area contributed by atoms with Crippen molar-refractivity contribution < 1.29 is 19.8 Å². The summed E-state index contributed by atoms with van der Waals surface area (Å²) in [5.41, 5.74) is 0. The highest BCUT2D eigenvalue weighted by Crippen LogP contribution is 2.18. The molecule has 0 spiro atoms. The van der Waals surface area contributed by atoms with E-state index >= 15 is 0 Å². The first kappa shape index (κ1) is 15.1. The number of carboxylic acid groups (broad SMARTS) is 1. The van der Waals surface area contributed by atoms with Crippen LogP contribution in [0.3, 0.4) is 0 Å². The van der Waals surface area contributed by atoms with Gasteiger partial charge in [0.15, 0.2) is 0 Å². The topological polar surface area (TPSA) is 93.1 Å². The van der Waals surface area contributed by atoms with E-state index in [9.17, 15) is 14.7 Å². The van der Waals surface area contributed by atoms with Crippen LogP contribution in [0.5, 0.6) is 0 Å². The maximum atomic E-state index is 12.1. The molecule has 7 heteroatoms. The second kappa shape index (κ2) is 6.41. The van der Waals surface area contributed by atoms with E-state index in [4.69, 9.17) is 5.11 Å². The number of nitrogens with one attached hydrogen (secondary N) is 1. The number of carbonyl (C=O) groups is 2. The molecule has 1 unspecified atom stereocenters. The van der Waals surface area contributed by atoms with E-state index in [2.05, 4.69) is 10.2 Å². The summed E-state index contributed by atoms with van der Waals surface area (Å²) in [5.74, 6) is -1.07. The molecule has 0 saturated carbocycles. The van der Waals surface area contributed by atoms with Gasteiger partial charge in [-0.2, -0.15) is 0 Å². The van der Waals surface area contributed by atoms with Crippen molar-refractivity contribution >= 4 is 12.0 Å². The van der Waals surface area contributed by atoms with Crippen molar-refractivity contribution in [3.05, 3.63) is 0 Å². The molecule has 7 nitrogen and oxygen atoms in total. The zero-order valence-electron chi connectivity index (χ0n) is 11.8. The van der Waals surface area contributed by atoms with Gasteiger partial charge in [0.25, 0.3) is 0 Å². The molecule has 2 rings (SSSR count). The van der Waals surface area contributed by atoms with Crippen LogP contribution in [0.2, 0.25) is 0 Å². The zero-order valence-corrected chi connectivity index (χ0v) is 11.8. The minimum atomic E-state index is -1.07. The van der Waals surface area contributed by atoms with Gasteiger partial charge in [-0.1, -0.05) is 0 Å². The Labute approximate surface area is 118 Å². The first-order chi connectivity index (χ1) is 9.47. The largest absolute Gasteiger partial charge is 0.480 e. The third kappa shape index (κ3) is 3.61. The molecule has 2 aliphatic rings. The number of likely N-dealkylation sites (tertiary alicyclic amines) is 2. The Hall–Kier alpha value is -1.34. The maximum Gasteiger partial charge on any atom is 0.326 e. The quantitative estimate of drug-likeness (QED) is 0.659. The lowest BCUT2D eigenvalue weighted by Gasteiger charge is -2.26. The van der Waals surface area contributed by atoms with E-state index < -0.39 is 24.1 Å². The van der Waals surface area contributed by atoms with E-state index in [1.54, 1.807) is 0 Å². The molecule has 20 heavy (non-hydrogen) atoms. The number of hydrogen-bond donors (Lipinski definition) is 3. The summed E-state index contributed by atoms with van der Waals surface area (Å²) in [6, 6.07) is -1.36. The Morgan fingerprint density at radius 3 is 2.60 bits per heavy atom. The Kier molecular flexibility index (Phi) is 4.82. The third-order valence-electron chi connectivity index (χ3n) is 3.93. The van der Waals surface area contributed by atoms with Crippen LogP contribution in [-0.4, -0.2) is 76.4 Å². The number of β-amino-alcohol motifs (C(OH)–C–C–N with tert-alkyl or cyclic N) is 1. The number of carboxylic acids is 1. The fourth-order valence-corrected chi connectivity index (χ4v) is 2.96. The summed E-state index contributed by atoms with van der Waals surface area (Å²) in [5, 5.41) is 21.4. The number of nitrogens with zero attached hydrogens (tertiary/aromatic N) is 2. The Morgan fingerprint density at radius 2 is 2.00 bits per heavy atom. The number of aliphatic carboxylic acids is 1. The first-order valence-electron chi connectivity index (χ1n) is 7.17. The van der Waals surface area contributed by atoms with Gasteiger partial charge in [0.1, 0.15) is 6.04 Å². The summed E-state index contributed by atoms with van der Waals surface area (Å²) in [7, 11) is 0. The normalized spacial score (nSPS) is 28.6. The number of carbonyl (C=O) groups excluding carboxylic acids is 1. The average molecular weight is 285 g/mol. The van der Waals surface area contributed by atoms with Crippen molar-refractivity contribution in [2.24, 2.45) is 0 Å². The molecule has 2 saturated heterocycles. The molecule has 0 aromatic heterocycles. The third-order valence-corrected chi connectivity index (χ3v) is 3.93. The van der Waals surface area contributed by atoms with Crippen molar-refractivity contribution in [1.82, 2.24) is 15.1 Å². The lowest BCUT2D eigenvalue weighted by Crippen LogP contribution is -2.50. The molecule has 0 aromatic rings. The van der Waals surface area contributed by atoms with Gasteiger partial charge in [0, 0.05) is 25.6 Å². The molecule has 0 aliphatic carbocycles. The highest BCUT2D eigenvalue weighted by atomic mass is 16.4. The van der Waals surface area contributed by atoms with Crippen LogP contribution in [0, 0.1) is 0 Å². The van der Waals surface area contributed by atoms with Crippen molar-refractivity contribution in [2.45, 2.75) is 44.4 Å². The molecule has 3 atom stereocenters. The number of aliphatic hydroxyl groups excluding tert-OH is 1. The number of rotatable bonds is 4. The van der Waals surface area contributed by atoms with Gasteiger partial charge < -0.3 is 25.3 Å². The second-order valence-corrected chi connectivity index (χ2v) is 5.75. The predicted molar refractivity (Wildman–Crippen MR) is 72.4 cm³/mol. The van der Waals surface area contributed by atoms with Gasteiger partial charge in [-0.05, 0) is 32.9 Å². The fourth-order valence-electron chi connectivity index (χ4n) is 2.96. The number of amides is 2. The van der Waals surface area contributed by atoms with Gasteiger partial charge >= 0.3 is 12.0 Å². The number of urea groups is 1. The molecular formula is C13H23N3O4. The van der Waals surface area contributed by atoms with Crippen molar-refractivity contribution in [3.8, 4) is 0 Å². The maximum absolute atomic E-state index is 12.1. The zero-order chi connectivity index (χ0) is 14.7. The minimum absolute atomic E-state index is 0.0345. The summed E-state index contributed by atoms with van der Waals surface area (Å²) in [4.78, 5) is 26.7. The van der Waals surface area contributed by atoms with Crippen LogP contribution in [0.25, 0.3) is 0 Å². The molecule has 0 aromatic carbocycles. The lowest BCUT2D eigenvalue weighted by atomic mass is 10.2. The van der Waals surface area contributed by atoms with Crippen LogP contribution < -0.4 is 5.32 Å².